The molecule has 0 atom stereocenters. The fourth-order valence-electron chi connectivity index (χ4n) is 3.18. The summed E-state index contributed by atoms with van der Waals surface area (Å²) in [4.78, 5) is 25.1. The van der Waals surface area contributed by atoms with Crippen LogP contribution in [0.15, 0.2) is 53.1 Å². The number of benzene rings is 1. The smallest absolute Gasteiger partial charge is 0.340 e. The summed E-state index contributed by atoms with van der Waals surface area (Å²) < 4.78 is 12.6. The first kappa shape index (κ1) is 20.4. The van der Waals surface area contributed by atoms with E-state index in [2.05, 4.69) is 5.32 Å². The van der Waals surface area contributed by atoms with Gasteiger partial charge in [0.25, 0.3) is 0 Å². The minimum absolute atomic E-state index is 0.0600. The summed E-state index contributed by atoms with van der Waals surface area (Å²) in [6.45, 7) is 4.21. The molecule has 0 aliphatic rings. The number of rotatable bonds is 9. The van der Waals surface area contributed by atoms with Crippen LogP contribution in [0.4, 0.5) is 5.69 Å². The Morgan fingerprint density at radius 3 is 2.66 bits per heavy atom. The van der Waals surface area contributed by atoms with Gasteiger partial charge in [-0.2, -0.15) is 0 Å². The highest BCUT2D eigenvalue weighted by Gasteiger charge is 2.19. The van der Waals surface area contributed by atoms with Gasteiger partial charge in [0.2, 0.25) is 5.78 Å². The van der Waals surface area contributed by atoms with Crippen molar-refractivity contribution in [3.63, 3.8) is 0 Å². The molecular formula is C22H24N2O5. The second-order valence-electron chi connectivity index (χ2n) is 6.65. The number of nitrogens with one attached hydrogen (secondary N) is 1. The lowest BCUT2D eigenvalue weighted by atomic mass is 10.1. The van der Waals surface area contributed by atoms with Gasteiger partial charge in [-0.3, -0.25) is 4.79 Å². The Kier molecular flexibility index (Phi) is 6.51. The molecule has 0 unspecified atom stereocenters. The van der Waals surface area contributed by atoms with Gasteiger partial charge in [-0.15, -0.1) is 0 Å². The molecule has 0 spiro atoms. The topological polar surface area (TPSA) is 93.7 Å². The van der Waals surface area contributed by atoms with Gasteiger partial charge in [0, 0.05) is 29.2 Å². The molecule has 0 saturated heterocycles. The van der Waals surface area contributed by atoms with E-state index >= 15 is 0 Å². The van der Waals surface area contributed by atoms with E-state index in [-0.39, 0.29) is 19.0 Å². The van der Waals surface area contributed by atoms with E-state index in [1.165, 1.54) is 0 Å². The molecule has 0 fully saturated rings. The maximum atomic E-state index is 12.7. The molecule has 0 aliphatic carbocycles. The van der Waals surface area contributed by atoms with Crippen LogP contribution in [0.1, 0.15) is 37.9 Å². The van der Waals surface area contributed by atoms with E-state index < -0.39 is 5.97 Å². The predicted octanol–water partition coefficient (Wildman–Crippen LogP) is 3.19. The molecule has 7 heteroatoms. The summed E-state index contributed by atoms with van der Waals surface area (Å²) in [7, 11) is 0. The first-order valence-electron chi connectivity index (χ1n) is 9.34. The normalized spacial score (nSPS) is 10.7. The largest absolute Gasteiger partial charge is 0.467 e. The van der Waals surface area contributed by atoms with Gasteiger partial charge in [-0.25, -0.2) is 4.79 Å². The van der Waals surface area contributed by atoms with Crippen molar-refractivity contribution in [2.45, 2.75) is 20.4 Å². The number of hydrogen-bond donors (Lipinski definition) is 2. The van der Waals surface area contributed by atoms with Crippen LogP contribution in [0, 0.1) is 13.8 Å². The second kappa shape index (κ2) is 9.25. The number of furan rings is 1. The minimum atomic E-state index is -0.594. The molecule has 152 valence electrons. The van der Waals surface area contributed by atoms with Crippen molar-refractivity contribution in [3.8, 4) is 0 Å². The van der Waals surface area contributed by atoms with E-state index in [1.807, 2.05) is 30.5 Å². The Balaban J connectivity index is 1.68. The summed E-state index contributed by atoms with van der Waals surface area (Å²) in [5.41, 5.74) is 3.11. The number of ether oxygens (including phenoxy) is 1. The van der Waals surface area contributed by atoms with Crippen LogP contribution < -0.4 is 5.32 Å². The third kappa shape index (κ3) is 4.75. The average Bonchev–Trinajstić information content (AvgIpc) is 3.34. The third-order valence-corrected chi connectivity index (χ3v) is 4.68. The van der Waals surface area contributed by atoms with Crippen molar-refractivity contribution in [2.24, 2.45) is 0 Å². The number of para-hydroxylation sites is 1. The maximum absolute atomic E-state index is 12.7. The Bertz CT molecular complexity index is 989. The minimum Gasteiger partial charge on any atom is -0.467 e. The van der Waals surface area contributed by atoms with Crippen LogP contribution in [-0.4, -0.2) is 41.2 Å². The summed E-state index contributed by atoms with van der Waals surface area (Å²) in [5, 5.41) is 11.9. The van der Waals surface area contributed by atoms with Crippen LogP contribution >= 0.6 is 0 Å². The summed E-state index contributed by atoms with van der Waals surface area (Å²) in [5.74, 6) is -0.0639. The molecule has 0 radical (unpaired) electrons. The molecule has 3 rings (SSSR count). The van der Waals surface area contributed by atoms with Crippen molar-refractivity contribution in [1.29, 1.82) is 0 Å². The number of carbonyl (C=O) groups is 2. The summed E-state index contributed by atoms with van der Waals surface area (Å²) >= 11 is 0. The molecule has 2 aromatic heterocycles. The number of nitrogens with zero attached hydrogens (tertiary/aromatic N) is 1. The fraction of sp³-hybridized carbons (Fsp3) is 0.273. The SMILES string of the molecule is Cc1cc(C(=O)COC(=O)c2ccccc2NCCO)c(C)n1Cc1ccco1. The Hall–Kier alpha value is -3.32. The first-order chi connectivity index (χ1) is 14.0. The number of esters is 1. The predicted molar refractivity (Wildman–Crippen MR) is 108 cm³/mol. The summed E-state index contributed by atoms with van der Waals surface area (Å²) in [6, 6.07) is 12.3. The van der Waals surface area contributed by atoms with Gasteiger partial charge in [0.15, 0.2) is 6.61 Å². The number of aliphatic hydroxyl groups excluding tert-OH is 1. The van der Waals surface area contributed by atoms with Crippen molar-refractivity contribution >= 4 is 17.4 Å². The lowest BCUT2D eigenvalue weighted by Crippen LogP contribution is -2.17. The standard InChI is InChI=1S/C22H24N2O5/c1-15-12-19(16(2)24(15)13-17-6-5-11-28-17)21(26)14-29-22(27)18-7-3-4-8-20(18)23-9-10-25/h3-8,11-12,23,25H,9-10,13-14H2,1-2H3. The van der Waals surface area contributed by atoms with E-state index in [9.17, 15) is 9.59 Å². The number of aryl methyl sites for hydroxylation is 1. The molecule has 1 aromatic carbocycles. The Labute approximate surface area is 168 Å². The highest BCUT2D eigenvalue weighted by Crippen LogP contribution is 2.19. The zero-order chi connectivity index (χ0) is 20.8. The van der Waals surface area contributed by atoms with E-state index in [0.717, 1.165) is 17.1 Å². The lowest BCUT2D eigenvalue weighted by Gasteiger charge is -2.11. The molecule has 0 bridgehead atoms. The number of carbonyl (C=O) groups excluding carboxylic acids is 2. The van der Waals surface area contributed by atoms with Crippen molar-refractivity contribution in [1.82, 2.24) is 4.57 Å². The van der Waals surface area contributed by atoms with Crippen molar-refractivity contribution in [3.05, 3.63) is 77.0 Å². The van der Waals surface area contributed by atoms with E-state index in [4.69, 9.17) is 14.3 Å². The van der Waals surface area contributed by atoms with Gasteiger partial charge in [-0.1, -0.05) is 12.1 Å². The van der Waals surface area contributed by atoms with Crippen LogP contribution in [0.5, 0.6) is 0 Å². The summed E-state index contributed by atoms with van der Waals surface area (Å²) in [6.07, 6.45) is 1.61. The molecule has 2 N–H and O–H groups in total. The number of anilines is 1. The Morgan fingerprint density at radius 2 is 1.93 bits per heavy atom. The molecule has 29 heavy (non-hydrogen) atoms. The molecule has 0 saturated carbocycles. The highest BCUT2D eigenvalue weighted by molar-refractivity contribution is 6.01. The molecule has 2 heterocycles. The molecular weight excluding hydrogens is 372 g/mol. The third-order valence-electron chi connectivity index (χ3n) is 4.68. The van der Waals surface area contributed by atoms with Gasteiger partial charge in [-0.05, 0) is 44.2 Å². The zero-order valence-corrected chi connectivity index (χ0v) is 16.5. The van der Waals surface area contributed by atoms with Crippen molar-refractivity contribution < 1.29 is 23.8 Å². The second-order valence-corrected chi connectivity index (χ2v) is 6.65. The van der Waals surface area contributed by atoms with Crippen molar-refractivity contribution in [2.75, 3.05) is 25.1 Å². The van der Waals surface area contributed by atoms with Crippen LogP contribution in [0.2, 0.25) is 0 Å². The van der Waals surface area contributed by atoms with Gasteiger partial charge < -0.3 is 24.1 Å². The van der Waals surface area contributed by atoms with Gasteiger partial charge >= 0.3 is 5.97 Å². The monoisotopic (exact) mass is 396 g/mol. The number of aliphatic hydroxyl groups is 1. The molecule has 0 amide bonds. The number of aromatic nitrogens is 1. The number of ketones is 1. The molecule has 0 aliphatic heterocycles. The Morgan fingerprint density at radius 1 is 1.14 bits per heavy atom. The first-order valence-corrected chi connectivity index (χ1v) is 9.34. The number of Topliss-reactive ketones (excluding diaryl/α,β-unsaturated/α-hetero) is 1. The zero-order valence-electron chi connectivity index (χ0n) is 16.5. The fourth-order valence-corrected chi connectivity index (χ4v) is 3.18. The average molecular weight is 396 g/mol. The van der Waals surface area contributed by atoms with Crippen LogP contribution in [0.3, 0.4) is 0 Å². The van der Waals surface area contributed by atoms with E-state index in [0.29, 0.717) is 29.9 Å². The number of hydrogen-bond acceptors (Lipinski definition) is 6. The van der Waals surface area contributed by atoms with Gasteiger partial charge in [0.1, 0.15) is 5.76 Å². The maximum Gasteiger partial charge on any atom is 0.340 e. The van der Waals surface area contributed by atoms with E-state index in [1.54, 1.807) is 36.6 Å². The van der Waals surface area contributed by atoms with Crippen LogP contribution in [-0.2, 0) is 11.3 Å². The van der Waals surface area contributed by atoms with Crippen LogP contribution in [0.25, 0.3) is 0 Å². The molecule has 3 aromatic rings. The highest BCUT2D eigenvalue weighted by atomic mass is 16.5. The molecule has 7 nitrogen and oxygen atoms in total. The quantitative estimate of drug-likeness (QED) is 0.426. The van der Waals surface area contributed by atoms with Gasteiger partial charge in [0.05, 0.1) is 25.0 Å². The lowest BCUT2D eigenvalue weighted by molar-refractivity contribution is 0.0475.